The summed E-state index contributed by atoms with van der Waals surface area (Å²) in [4.78, 5) is 0. The first-order chi connectivity index (χ1) is 7.83. The number of benzene rings is 1. The molecular formula is C14H16ClN. The molecule has 0 radical (unpaired) electrons. The molecule has 0 aliphatic heterocycles. The molecule has 0 bridgehead atoms. The van der Waals surface area contributed by atoms with Crippen molar-refractivity contribution in [2.24, 2.45) is 11.8 Å². The van der Waals surface area contributed by atoms with Crippen LogP contribution in [0.4, 0.5) is 0 Å². The van der Waals surface area contributed by atoms with Crippen molar-refractivity contribution < 1.29 is 0 Å². The topological polar surface area (TPSA) is 12.0 Å². The van der Waals surface area contributed by atoms with E-state index in [-0.39, 0.29) is 0 Å². The van der Waals surface area contributed by atoms with E-state index in [0.29, 0.717) is 6.04 Å². The summed E-state index contributed by atoms with van der Waals surface area (Å²) in [5, 5.41) is 4.45. The van der Waals surface area contributed by atoms with Crippen molar-refractivity contribution in [2.45, 2.75) is 25.4 Å². The quantitative estimate of drug-likeness (QED) is 0.790. The number of hydrogen-bond acceptors (Lipinski definition) is 1. The Morgan fingerprint density at radius 2 is 2.31 bits per heavy atom. The van der Waals surface area contributed by atoms with Gasteiger partial charge in [-0.3, -0.25) is 0 Å². The summed E-state index contributed by atoms with van der Waals surface area (Å²) in [5.74, 6) is 1.72. The maximum absolute atomic E-state index is 5.96. The Morgan fingerprint density at radius 1 is 1.38 bits per heavy atom. The van der Waals surface area contributed by atoms with Gasteiger partial charge in [-0.25, -0.2) is 0 Å². The summed E-state index contributed by atoms with van der Waals surface area (Å²) < 4.78 is 0. The Bertz CT molecular complexity index is 413. The smallest absolute Gasteiger partial charge is 0.0409 e. The van der Waals surface area contributed by atoms with Crippen molar-refractivity contribution in [2.75, 3.05) is 0 Å². The minimum atomic E-state index is 0.683. The summed E-state index contributed by atoms with van der Waals surface area (Å²) in [6.07, 6.45) is 7.33. The molecule has 84 valence electrons. The highest BCUT2D eigenvalue weighted by Gasteiger charge is 2.40. The highest BCUT2D eigenvalue weighted by molar-refractivity contribution is 6.30. The van der Waals surface area contributed by atoms with E-state index in [1.54, 1.807) is 0 Å². The molecule has 1 aromatic rings. The minimum absolute atomic E-state index is 0.683. The number of rotatable bonds is 3. The fourth-order valence-electron chi connectivity index (χ4n) is 2.84. The van der Waals surface area contributed by atoms with Crippen LogP contribution in [0.2, 0.25) is 5.02 Å². The first-order valence-electron chi connectivity index (χ1n) is 5.97. The van der Waals surface area contributed by atoms with E-state index < -0.39 is 0 Å². The van der Waals surface area contributed by atoms with Gasteiger partial charge in [0.1, 0.15) is 0 Å². The van der Waals surface area contributed by atoms with Crippen molar-refractivity contribution in [3.63, 3.8) is 0 Å². The lowest BCUT2D eigenvalue weighted by Crippen LogP contribution is -2.47. The van der Waals surface area contributed by atoms with Crippen LogP contribution < -0.4 is 5.32 Å². The van der Waals surface area contributed by atoms with Crippen LogP contribution in [0.3, 0.4) is 0 Å². The summed E-state index contributed by atoms with van der Waals surface area (Å²) >= 11 is 5.96. The molecule has 2 aliphatic rings. The fraction of sp³-hybridized carbons (Fsp3) is 0.429. The molecule has 1 N–H and O–H groups in total. The van der Waals surface area contributed by atoms with Gasteiger partial charge >= 0.3 is 0 Å². The van der Waals surface area contributed by atoms with Gasteiger partial charge in [0.25, 0.3) is 0 Å². The molecule has 0 saturated heterocycles. The molecule has 1 fully saturated rings. The number of allylic oxidation sites excluding steroid dienone is 1. The van der Waals surface area contributed by atoms with Crippen molar-refractivity contribution in [3.8, 4) is 0 Å². The molecule has 2 aliphatic carbocycles. The summed E-state index contributed by atoms with van der Waals surface area (Å²) in [6.45, 7) is 0.933. The van der Waals surface area contributed by atoms with E-state index in [4.69, 9.17) is 11.6 Å². The Hall–Kier alpha value is -0.790. The summed E-state index contributed by atoms with van der Waals surface area (Å²) in [6, 6.07) is 8.78. The first kappa shape index (κ1) is 10.4. The van der Waals surface area contributed by atoms with Crippen LogP contribution in [-0.2, 0) is 6.54 Å². The average Bonchev–Trinajstić information content (AvgIpc) is 2.61. The molecule has 0 amide bonds. The number of halogens is 1. The van der Waals surface area contributed by atoms with Gasteiger partial charge in [0.15, 0.2) is 0 Å². The van der Waals surface area contributed by atoms with Gasteiger partial charge < -0.3 is 5.32 Å². The molecule has 3 rings (SSSR count). The van der Waals surface area contributed by atoms with Gasteiger partial charge in [-0.15, -0.1) is 0 Å². The molecule has 0 spiro atoms. The second-order valence-corrected chi connectivity index (χ2v) is 5.29. The van der Waals surface area contributed by atoms with E-state index in [9.17, 15) is 0 Å². The minimum Gasteiger partial charge on any atom is -0.309 e. The third-order valence-corrected chi connectivity index (χ3v) is 4.06. The summed E-state index contributed by atoms with van der Waals surface area (Å²) in [7, 11) is 0. The van der Waals surface area contributed by atoms with Gasteiger partial charge in [-0.1, -0.05) is 35.9 Å². The summed E-state index contributed by atoms with van der Waals surface area (Å²) in [5.41, 5.74) is 1.28. The number of fused-ring (bicyclic) bond motifs is 1. The van der Waals surface area contributed by atoms with Crippen LogP contribution in [-0.4, -0.2) is 6.04 Å². The monoisotopic (exact) mass is 233 g/mol. The molecule has 0 heterocycles. The highest BCUT2D eigenvalue weighted by Crippen LogP contribution is 2.42. The van der Waals surface area contributed by atoms with Gasteiger partial charge in [0.05, 0.1) is 0 Å². The molecule has 1 saturated carbocycles. The van der Waals surface area contributed by atoms with Gasteiger partial charge in [-0.05, 0) is 42.4 Å². The molecule has 1 aromatic carbocycles. The van der Waals surface area contributed by atoms with Crippen LogP contribution in [0.1, 0.15) is 18.4 Å². The third kappa shape index (κ3) is 1.90. The standard InChI is InChI=1S/C14H16ClN/c15-12-5-1-3-10(7-12)9-16-14-8-11-4-2-6-13(11)14/h1-3,5-7,11,13-14,16H,4,8-9H2. The van der Waals surface area contributed by atoms with E-state index in [0.717, 1.165) is 23.4 Å². The van der Waals surface area contributed by atoms with Crippen LogP contribution in [0.15, 0.2) is 36.4 Å². The molecular weight excluding hydrogens is 218 g/mol. The zero-order valence-electron chi connectivity index (χ0n) is 9.20. The molecule has 0 aromatic heterocycles. The van der Waals surface area contributed by atoms with E-state index in [1.807, 2.05) is 18.2 Å². The second-order valence-electron chi connectivity index (χ2n) is 4.85. The van der Waals surface area contributed by atoms with Crippen molar-refractivity contribution in [1.82, 2.24) is 5.32 Å². The molecule has 3 atom stereocenters. The fourth-order valence-corrected chi connectivity index (χ4v) is 3.06. The molecule has 1 nitrogen and oxygen atoms in total. The second kappa shape index (κ2) is 4.23. The van der Waals surface area contributed by atoms with E-state index >= 15 is 0 Å². The van der Waals surface area contributed by atoms with E-state index in [1.165, 1.54) is 18.4 Å². The Kier molecular flexibility index (Phi) is 2.74. The number of hydrogen-bond donors (Lipinski definition) is 1. The Labute approximate surface area is 102 Å². The van der Waals surface area contributed by atoms with Crippen molar-refractivity contribution in [1.29, 1.82) is 0 Å². The zero-order valence-corrected chi connectivity index (χ0v) is 9.95. The van der Waals surface area contributed by atoms with Gasteiger partial charge in [0, 0.05) is 17.6 Å². The molecule has 16 heavy (non-hydrogen) atoms. The maximum Gasteiger partial charge on any atom is 0.0409 e. The van der Waals surface area contributed by atoms with Gasteiger partial charge in [-0.2, -0.15) is 0 Å². The zero-order chi connectivity index (χ0) is 11.0. The Morgan fingerprint density at radius 3 is 3.12 bits per heavy atom. The average molecular weight is 234 g/mol. The lowest BCUT2D eigenvalue weighted by atomic mass is 9.71. The van der Waals surface area contributed by atoms with Crippen LogP contribution >= 0.6 is 11.6 Å². The molecule has 3 unspecified atom stereocenters. The predicted octanol–water partition coefficient (Wildman–Crippen LogP) is 3.39. The third-order valence-electron chi connectivity index (χ3n) is 3.82. The Balaban J connectivity index is 1.55. The lowest BCUT2D eigenvalue weighted by molar-refractivity contribution is 0.162. The van der Waals surface area contributed by atoms with Gasteiger partial charge in [0.2, 0.25) is 0 Å². The first-order valence-corrected chi connectivity index (χ1v) is 6.35. The lowest BCUT2D eigenvalue weighted by Gasteiger charge is -2.40. The van der Waals surface area contributed by atoms with Crippen LogP contribution in [0, 0.1) is 11.8 Å². The molecule has 2 heteroatoms. The van der Waals surface area contributed by atoms with Crippen LogP contribution in [0.25, 0.3) is 0 Å². The SMILES string of the molecule is Clc1cccc(CNC2CC3CC=CC32)c1. The van der Waals surface area contributed by atoms with E-state index in [2.05, 4.69) is 23.5 Å². The predicted molar refractivity (Wildman–Crippen MR) is 67.4 cm³/mol. The maximum atomic E-state index is 5.96. The van der Waals surface area contributed by atoms with Crippen molar-refractivity contribution in [3.05, 3.63) is 47.0 Å². The highest BCUT2D eigenvalue weighted by atomic mass is 35.5. The normalized spacial score (nSPS) is 31.2. The number of nitrogens with one attached hydrogen (secondary N) is 1. The van der Waals surface area contributed by atoms with Crippen molar-refractivity contribution >= 4 is 11.6 Å². The van der Waals surface area contributed by atoms with Crippen LogP contribution in [0.5, 0.6) is 0 Å². The largest absolute Gasteiger partial charge is 0.309 e.